The van der Waals surface area contributed by atoms with Crippen LogP contribution in [0.2, 0.25) is 9.45 Å². The van der Waals surface area contributed by atoms with Crippen LogP contribution in [-0.2, 0) is 21.6 Å². The van der Waals surface area contributed by atoms with Crippen LogP contribution in [0.3, 0.4) is 0 Å². The molecule has 2 fully saturated rings. The minimum absolute atomic E-state index is 0.271. The van der Waals surface area contributed by atoms with Crippen LogP contribution in [0.4, 0.5) is 0 Å². The Labute approximate surface area is 264 Å². The van der Waals surface area contributed by atoms with Crippen LogP contribution >= 0.6 is 0 Å². The van der Waals surface area contributed by atoms with Crippen molar-refractivity contribution in [3.8, 4) is 0 Å². The minimum atomic E-state index is -2.26. The standard InChI is InChI=1S/C16H14.C13H25NO.C9H7.C2H4.Ti/c1-13(15-9-5-3-6-10-15)14(2)16-11-7-4-8-12-16;14-13(15)12-10-8-6-4-2-1-3-5-7-9-11-12;1-2-5-9-7-3-6-8(9)4-1;1-2;/h3-12H,1-2H2;12H,1-11H2,(H2,14,15);1-7H;1-2H2;/q;;;;+1/p-1. The number of carbonyl (C=O) groups excluding carboxylic acids is 1. The van der Waals surface area contributed by atoms with Crippen molar-refractivity contribution in [3.63, 3.8) is 0 Å². The number of amides is 1. The van der Waals surface area contributed by atoms with Crippen LogP contribution in [0.5, 0.6) is 0 Å². The summed E-state index contributed by atoms with van der Waals surface area (Å²) in [7, 11) is 0. The van der Waals surface area contributed by atoms with Gasteiger partial charge < -0.3 is 0 Å². The second kappa shape index (κ2) is 15.7. The van der Waals surface area contributed by atoms with E-state index in [-0.39, 0.29) is 5.92 Å². The van der Waals surface area contributed by atoms with Gasteiger partial charge in [0.05, 0.1) is 0 Å². The third-order valence-electron chi connectivity index (χ3n) is 9.64. The molecule has 0 radical (unpaired) electrons. The predicted octanol–water partition coefficient (Wildman–Crippen LogP) is 11.1. The van der Waals surface area contributed by atoms with Crippen molar-refractivity contribution < 1.29 is 21.6 Å². The van der Waals surface area contributed by atoms with Gasteiger partial charge in [-0.2, -0.15) is 0 Å². The SMILES string of the molecule is C=C(C(=C)c1ccccc1)c1ccccc1.O=C([NH][Ti]1([CH]2C=Cc3ccccc32)[CH2][CH2]1)C1CCCCCCCCCCC1. The van der Waals surface area contributed by atoms with E-state index in [1.807, 2.05) is 36.4 Å². The van der Waals surface area contributed by atoms with Gasteiger partial charge in [0.25, 0.3) is 0 Å². The van der Waals surface area contributed by atoms with Crippen LogP contribution in [0.25, 0.3) is 17.2 Å². The summed E-state index contributed by atoms with van der Waals surface area (Å²) in [6.07, 6.45) is 18.9. The van der Waals surface area contributed by atoms with Crippen molar-refractivity contribution >= 4 is 23.1 Å². The van der Waals surface area contributed by atoms with Gasteiger partial charge in [-0.1, -0.05) is 73.8 Å². The maximum atomic E-state index is 13.3. The van der Waals surface area contributed by atoms with Crippen molar-refractivity contribution in [1.82, 2.24) is 3.80 Å². The first kappa shape index (κ1) is 31.5. The fourth-order valence-corrected chi connectivity index (χ4v) is 13.7. The number of carbonyl (C=O) groups is 1. The molecule has 1 heterocycles. The van der Waals surface area contributed by atoms with Gasteiger partial charge in [0, 0.05) is 0 Å². The number of hydrogen-bond acceptors (Lipinski definition) is 1. The Hall–Kier alpha value is -2.94. The third-order valence-corrected chi connectivity index (χ3v) is 15.9. The molecule has 1 aliphatic heterocycles. The second-order valence-electron chi connectivity index (χ2n) is 12.8. The first-order valence-corrected chi connectivity index (χ1v) is 20.5. The molecule has 1 amide bonds. The van der Waals surface area contributed by atoms with Gasteiger partial charge in [-0.15, -0.1) is 0 Å². The molecule has 2 nitrogen and oxygen atoms in total. The zero-order valence-corrected chi connectivity index (χ0v) is 27.5. The number of hydrogen-bond donors (Lipinski definition) is 1. The Balaban J connectivity index is 0.000000196. The van der Waals surface area contributed by atoms with Gasteiger partial charge in [0.1, 0.15) is 0 Å². The van der Waals surface area contributed by atoms with Crippen molar-refractivity contribution in [2.24, 2.45) is 5.92 Å². The van der Waals surface area contributed by atoms with Gasteiger partial charge >= 0.3 is 169 Å². The van der Waals surface area contributed by atoms with Crippen LogP contribution < -0.4 is 3.80 Å². The summed E-state index contributed by atoms with van der Waals surface area (Å²) in [5, 5.41) is 0. The maximum absolute atomic E-state index is 13.3. The molecule has 1 N–H and O–H groups in total. The fourth-order valence-electron chi connectivity index (χ4n) is 6.78. The average molecular weight is 608 g/mol. The van der Waals surface area contributed by atoms with E-state index in [1.54, 1.807) is 0 Å². The molecule has 3 aromatic rings. The van der Waals surface area contributed by atoms with E-state index in [2.05, 4.69) is 77.6 Å². The first-order valence-electron chi connectivity index (χ1n) is 16.7. The topological polar surface area (TPSA) is 29.1 Å². The Morgan fingerprint density at radius 2 is 1.09 bits per heavy atom. The van der Waals surface area contributed by atoms with E-state index in [1.165, 1.54) is 78.4 Å². The zero-order chi connectivity index (χ0) is 29.9. The summed E-state index contributed by atoms with van der Waals surface area (Å²) < 4.78 is 6.90. The molecule has 224 valence electrons. The molecule has 2 aliphatic carbocycles. The monoisotopic (exact) mass is 607 g/mol. The summed E-state index contributed by atoms with van der Waals surface area (Å²) >= 11 is -2.26. The summed E-state index contributed by atoms with van der Waals surface area (Å²) in [6, 6.07) is 29.1. The second-order valence-corrected chi connectivity index (χ2v) is 19.3. The quantitative estimate of drug-likeness (QED) is 0.219. The molecule has 0 aromatic heterocycles. The molecule has 3 heteroatoms. The van der Waals surface area contributed by atoms with E-state index in [0.29, 0.717) is 10.1 Å². The molecule has 0 bridgehead atoms. The summed E-state index contributed by atoms with van der Waals surface area (Å²) in [5.41, 5.74) is 7.06. The van der Waals surface area contributed by atoms with E-state index in [0.717, 1.165) is 35.1 Å². The third kappa shape index (κ3) is 8.58. The Bertz CT molecular complexity index is 1330. The Kier molecular flexibility index (Phi) is 11.5. The van der Waals surface area contributed by atoms with Crippen molar-refractivity contribution in [2.45, 2.75) is 84.3 Å². The first-order chi connectivity index (χ1) is 21.1. The molecule has 1 saturated carbocycles. The number of allylic oxidation sites excluding steroid dienone is 3. The normalized spacial score (nSPS) is 19.9. The molecular formula is C40H49NOTi. The molecule has 1 saturated heterocycles. The molecule has 43 heavy (non-hydrogen) atoms. The van der Waals surface area contributed by atoms with Gasteiger partial charge in [0.2, 0.25) is 0 Å². The van der Waals surface area contributed by atoms with Crippen molar-refractivity contribution in [3.05, 3.63) is 126 Å². The van der Waals surface area contributed by atoms with Gasteiger partial charge in [0.15, 0.2) is 0 Å². The van der Waals surface area contributed by atoms with Crippen LogP contribution in [0.15, 0.2) is 104 Å². The molecule has 3 aliphatic rings. The molecule has 0 spiro atoms. The Morgan fingerprint density at radius 3 is 1.60 bits per heavy atom. The predicted molar refractivity (Wildman–Crippen MR) is 181 cm³/mol. The van der Waals surface area contributed by atoms with Crippen molar-refractivity contribution in [1.29, 1.82) is 0 Å². The number of rotatable bonds is 6. The van der Waals surface area contributed by atoms with E-state index >= 15 is 0 Å². The molecule has 6 rings (SSSR count). The van der Waals surface area contributed by atoms with Crippen LogP contribution in [-0.4, -0.2) is 5.91 Å². The molecule has 3 aromatic carbocycles. The Morgan fingerprint density at radius 1 is 0.628 bits per heavy atom. The van der Waals surface area contributed by atoms with Gasteiger partial charge in [-0.05, 0) is 22.3 Å². The average Bonchev–Trinajstić information content (AvgIpc) is 3.68. The zero-order valence-electron chi connectivity index (χ0n) is 25.9. The molecule has 1 atom stereocenters. The van der Waals surface area contributed by atoms with E-state index in [4.69, 9.17) is 0 Å². The number of fused-ring (bicyclic) bond motifs is 1. The van der Waals surface area contributed by atoms with E-state index < -0.39 is 16.8 Å². The summed E-state index contributed by atoms with van der Waals surface area (Å²) in [6.45, 7) is 8.20. The molecule has 1 unspecified atom stereocenters. The van der Waals surface area contributed by atoms with Gasteiger partial charge in [-0.25, -0.2) is 0 Å². The van der Waals surface area contributed by atoms with Crippen LogP contribution in [0.1, 0.15) is 97.1 Å². The van der Waals surface area contributed by atoms with Gasteiger partial charge in [-0.3, -0.25) is 0 Å². The van der Waals surface area contributed by atoms with E-state index in [9.17, 15) is 4.79 Å². The van der Waals surface area contributed by atoms with Crippen LogP contribution in [0, 0.1) is 5.92 Å². The summed E-state index contributed by atoms with van der Waals surface area (Å²) in [4.78, 5) is 13.3. The van der Waals surface area contributed by atoms with Crippen molar-refractivity contribution in [2.75, 3.05) is 0 Å². The fraction of sp³-hybridized carbons (Fsp3) is 0.375. The number of benzene rings is 3. The number of nitrogens with one attached hydrogen (secondary N) is 1. The summed E-state index contributed by atoms with van der Waals surface area (Å²) in [5.74, 6) is 0.690. The molecular weight excluding hydrogens is 558 g/mol.